The van der Waals surface area contributed by atoms with Gasteiger partial charge < -0.3 is 9.53 Å². The van der Waals surface area contributed by atoms with Gasteiger partial charge in [0.25, 0.3) is 0 Å². The molecule has 4 heteroatoms. The topological polar surface area (TPSA) is 43.4 Å². The summed E-state index contributed by atoms with van der Waals surface area (Å²) < 4.78 is 4.57. The average molecular weight is 226 g/mol. The molecule has 0 radical (unpaired) electrons. The van der Waals surface area contributed by atoms with Crippen molar-refractivity contribution in [2.24, 2.45) is 0 Å². The Hall–Kier alpha value is -1.16. The van der Waals surface area contributed by atoms with Gasteiger partial charge >= 0.3 is 5.97 Å². The Morgan fingerprint density at radius 2 is 2.20 bits per heavy atom. The summed E-state index contributed by atoms with van der Waals surface area (Å²) in [6, 6.07) is 3.75. The van der Waals surface area contributed by atoms with Gasteiger partial charge in [-0.05, 0) is 26.0 Å². The number of rotatable bonds is 4. The Morgan fingerprint density at radius 1 is 1.53 bits per heavy atom. The summed E-state index contributed by atoms with van der Waals surface area (Å²) in [6.07, 6.45) is 1.19. The SMILES string of the molecule is COC(=O)Cc1ccc(C(C)(C)C=O)s1. The van der Waals surface area contributed by atoms with Crippen LogP contribution in [0.4, 0.5) is 0 Å². The molecule has 0 bridgehead atoms. The zero-order chi connectivity index (χ0) is 11.5. The van der Waals surface area contributed by atoms with E-state index in [1.807, 2.05) is 26.0 Å². The third kappa shape index (κ3) is 2.89. The van der Waals surface area contributed by atoms with Crippen LogP contribution in [0.15, 0.2) is 12.1 Å². The van der Waals surface area contributed by atoms with Gasteiger partial charge in [-0.2, -0.15) is 0 Å². The summed E-state index contributed by atoms with van der Waals surface area (Å²) in [4.78, 5) is 23.7. The summed E-state index contributed by atoms with van der Waals surface area (Å²) in [5, 5.41) is 0. The molecule has 0 aliphatic carbocycles. The van der Waals surface area contributed by atoms with Gasteiger partial charge in [0, 0.05) is 9.75 Å². The molecule has 0 aromatic carbocycles. The lowest BCUT2D eigenvalue weighted by Crippen LogP contribution is -2.16. The molecule has 0 saturated heterocycles. The zero-order valence-electron chi connectivity index (χ0n) is 9.07. The van der Waals surface area contributed by atoms with Crippen molar-refractivity contribution in [3.63, 3.8) is 0 Å². The van der Waals surface area contributed by atoms with Gasteiger partial charge in [0.1, 0.15) is 6.29 Å². The summed E-state index contributed by atoms with van der Waals surface area (Å²) >= 11 is 1.48. The average Bonchev–Trinajstić information content (AvgIpc) is 2.66. The van der Waals surface area contributed by atoms with E-state index in [9.17, 15) is 9.59 Å². The Labute approximate surface area is 93.1 Å². The molecule has 0 fully saturated rings. The lowest BCUT2D eigenvalue weighted by Gasteiger charge is -2.13. The summed E-state index contributed by atoms with van der Waals surface area (Å²) in [5.41, 5.74) is -0.473. The van der Waals surface area contributed by atoms with Crippen molar-refractivity contribution in [3.8, 4) is 0 Å². The highest BCUT2D eigenvalue weighted by Crippen LogP contribution is 2.28. The van der Waals surface area contributed by atoms with E-state index in [0.29, 0.717) is 0 Å². The van der Waals surface area contributed by atoms with Gasteiger partial charge in [-0.1, -0.05) is 0 Å². The van der Waals surface area contributed by atoms with Crippen molar-refractivity contribution in [2.75, 3.05) is 7.11 Å². The zero-order valence-corrected chi connectivity index (χ0v) is 9.89. The minimum Gasteiger partial charge on any atom is -0.469 e. The monoisotopic (exact) mass is 226 g/mol. The third-order valence-electron chi connectivity index (χ3n) is 2.14. The Balaban J connectivity index is 2.81. The third-order valence-corrected chi connectivity index (χ3v) is 3.56. The predicted molar refractivity (Wildman–Crippen MR) is 59.1 cm³/mol. The molecule has 0 aliphatic rings. The molecular formula is C11H14O3S. The minimum atomic E-state index is -0.473. The van der Waals surface area contributed by atoms with Crippen molar-refractivity contribution < 1.29 is 14.3 Å². The highest BCUT2D eigenvalue weighted by atomic mass is 32.1. The van der Waals surface area contributed by atoms with Crippen LogP contribution < -0.4 is 0 Å². The summed E-state index contributed by atoms with van der Waals surface area (Å²) in [5.74, 6) is -0.257. The van der Waals surface area contributed by atoms with Crippen LogP contribution in [0.2, 0.25) is 0 Å². The molecule has 1 heterocycles. The summed E-state index contributed by atoms with van der Waals surface area (Å²) in [7, 11) is 1.37. The first-order valence-electron chi connectivity index (χ1n) is 4.62. The predicted octanol–water partition coefficient (Wildman–Crippen LogP) is 1.94. The van der Waals surface area contributed by atoms with Crippen LogP contribution in [0.1, 0.15) is 23.6 Å². The maximum atomic E-state index is 11.0. The van der Waals surface area contributed by atoms with E-state index in [1.165, 1.54) is 18.4 Å². The maximum Gasteiger partial charge on any atom is 0.310 e. The van der Waals surface area contributed by atoms with Crippen LogP contribution in [-0.4, -0.2) is 19.4 Å². The Bertz CT molecular complexity index is 366. The van der Waals surface area contributed by atoms with E-state index in [4.69, 9.17) is 0 Å². The molecule has 0 atom stereocenters. The second kappa shape index (κ2) is 4.57. The van der Waals surface area contributed by atoms with Crippen molar-refractivity contribution in [3.05, 3.63) is 21.9 Å². The number of esters is 1. The highest BCUT2D eigenvalue weighted by molar-refractivity contribution is 7.12. The van der Waals surface area contributed by atoms with Gasteiger partial charge in [0.05, 0.1) is 18.9 Å². The van der Waals surface area contributed by atoms with Crippen molar-refractivity contribution in [1.29, 1.82) is 0 Å². The smallest absolute Gasteiger partial charge is 0.310 e. The number of carbonyl (C=O) groups excluding carboxylic acids is 2. The number of ether oxygens (including phenoxy) is 1. The van der Waals surface area contributed by atoms with Crippen molar-refractivity contribution in [2.45, 2.75) is 25.7 Å². The largest absolute Gasteiger partial charge is 0.469 e. The number of hydrogen-bond donors (Lipinski definition) is 0. The minimum absolute atomic E-state index is 0.257. The number of thiophene rings is 1. The lowest BCUT2D eigenvalue weighted by atomic mass is 9.94. The number of carbonyl (C=O) groups is 2. The Kier molecular flexibility index (Phi) is 3.63. The highest BCUT2D eigenvalue weighted by Gasteiger charge is 2.21. The number of hydrogen-bond acceptors (Lipinski definition) is 4. The molecule has 0 spiro atoms. The molecule has 0 N–H and O–H groups in total. The van der Waals surface area contributed by atoms with Gasteiger partial charge in [0.2, 0.25) is 0 Å². The fraction of sp³-hybridized carbons (Fsp3) is 0.455. The van der Waals surface area contributed by atoms with Crippen molar-refractivity contribution in [1.82, 2.24) is 0 Å². The van der Waals surface area contributed by atoms with Gasteiger partial charge in [-0.25, -0.2) is 0 Å². The van der Waals surface area contributed by atoms with E-state index in [1.54, 1.807) is 0 Å². The van der Waals surface area contributed by atoms with E-state index in [0.717, 1.165) is 16.0 Å². The van der Waals surface area contributed by atoms with Gasteiger partial charge in [-0.15, -0.1) is 11.3 Å². The van der Waals surface area contributed by atoms with E-state index < -0.39 is 5.41 Å². The van der Waals surface area contributed by atoms with Crippen LogP contribution >= 0.6 is 11.3 Å². The molecule has 15 heavy (non-hydrogen) atoms. The molecule has 1 aromatic heterocycles. The maximum absolute atomic E-state index is 11.0. The quantitative estimate of drug-likeness (QED) is 0.582. The molecule has 0 amide bonds. The van der Waals surface area contributed by atoms with Crippen LogP contribution in [0, 0.1) is 0 Å². The van der Waals surface area contributed by atoms with E-state index in [2.05, 4.69) is 4.74 Å². The van der Waals surface area contributed by atoms with Crippen LogP contribution in [0.5, 0.6) is 0 Å². The molecule has 0 aliphatic heterocycles. The summed E-state index contributed by atoms with van der Waals surface area (Å²) in [6.45, 7) is 3.71. The number of methoxy groups -OCH3 is 1. The lowest BCUT2D eigenvalue weighted by molar-refractivity contribution is -0.139. The fourth-order valence-corrected chi connectivity index (χ4v) is 2.15. The molecule has 82 valence electrons. The molecule has 1 aromatic rings. The van der Waals surface area contributed by atoms with Gasteiger partial charge in [-0.3, -0.25) is 4.79 Å². The van der Waals surface area contributed by atoms with E-state index >= 15 is 0 Å². The van der Waals surface area contributed by atoms with Crippen LogP contribution in [-0.2, 0) is 26.2 Å². The first-order chi connectivity index (χ1) is 6.99. The normalized spacial score (nSPS) is 11.1. The van der Waals surface area contributed by atoms with Crippen LogP contribution in [0.3, 0.4) is 0 Å². The molecular weight excluding hydrogens is 212 g/mol. The Morgan fingerprint density at radius 3 is 2.73 bits per heavy atom. The number of aldehydes is 1. The van der Waals surface area contributed by atoms with Crippen LogP contribution in [0.25, 0.3) is 0 Å². The van der Waals surface area contributed by atoms with Crippen molar-refractivity contribution >= 4 is 23.6 Å². The molecule has 1 rings (SSSR count). The fourth-order valence-electron chi connectivity index (χ4n) is 1.09. The first kappa shape index (κ1) is 11.9. The second-order valence-corrected chi connectivity index (χ2v) is 5.03. The molecule has 3 nitrogen and oxygen atoms in total. The molecule has 0 unspecified atom stereocenters. The van der Waals surface area contributed by atoms with E-state index in [-0.39, 0.29) is 12.4 Å². The first-order valence-corrected chi connectivity index (χ1v) is 5.43. The standard InChI is InChI=1S/C11H14O3S/c1-11(2,7-12)9-5-4-8(15-9)6-10(13)14-3/h4-5,7H,6H2,1-3H3. The van der Waals surface area contributed by atoms with Gasteiger partial charge in [0.15, 0.2) is 0 Å². The second-order valence-electron chi connectivity index (χ2n) is 3.86. The molecule has 0 saturated carbocycles.